The molecule has 1 aromatic carbocycles. The summed E-state index contributed by atoms with van der Waals surface area (Å²) in [6.07, 6.45) is 2.42. The summed E-state index contributed by atoms with van der Waals surface area (Å²) in [5.41, 5.74) is 7.09. The predicted octanol–water partition coefficient (Wildman–Crippen LogP) is 1.16. The van der Waals surface area contributed by atoms with E-state index in [0.29, 0.717) is 13.0 Å². The summed E-state index contributed by atoms with van der Waals surface area (Å²) in [7, 11) is 0. The van der Waals surface area contributed by atoms with Crippen molar-refractivity contribution in [1.82, 2.24) is 9.88 Å². The highest BCUT2D eigenvalue weighted by molar-refractivity contribution is 5.80. The minimum absolute atomic E-state index is 0.410. The molecule has 0 amide bonds. The number of fused-ring (bicyclic) bond motifs is 1. The Morgan fingerprint density at radius 1 is 1.47 bits per heavy atom. The highest BCUT2D eigenvalue weighted by Gasteiger charge is 2.40. The Kier molecular flexibility index (Phi) is 2.80. The molecule has 0 saturated carbocycles. The summed E-state index contributed by atoms with van der Waals surface area (Å²) in [5, 5.41) is 10.3. The molecule has 5 nitrogen and oxygen atoms in total. The van der Waals surface area contributed by atoms with Crippen molar-refractivity contribution in [2.75, 3.05) is 13.1 Å². The molecule has 5 heteroatoms. The summed E-state index contributed by atoms with van der Waals surface area (Å²) in [4.78, 5) is 16.4. The molecule has 1 saturated heterocycles. The highest BCUT2D eigenvalue weighted by atomic mass is 16.4. The van der Waals surface area contributed by atoms with E-state index < -0.39 is 11.5 Å². The standard InChI is InChI=1S/C14H17N3O2/c15-14(13(18)19)4-6-17(9-14)8-10-1-2-12-11(7-10)3-5-16-12/h1-3,5,7,16H,4,6,8-9,15H2,(H,18,19)/t14-/m1/s1. The lowest BCUT2D eigenvalue weighted by molar-refractivity contribution is -0.142. The molecule has 0 radical (unpaired) electrons. The molecular weight excluding hydrogens is 242 g/mol. The van der Waals surface area contributed by atoms with Gasteiger partial charge < -0.3 is 15.8 Å². The number of hydrogen-bond acceptors (Lipinski definition) is 3. The van der Waals surface area contributed by atoms with Crippen LogP contribution in [0.4, 0.5) is 0 Å². The van der Waals surface area contributed by atoms with Crippen LogP contribution in [-0.4, -0.2) is 39.6 Å². The van der Waals surface area contributed by atoms with Gasteiger partial charge in [0.05, 0.1) is 0 Å². The molecule has 1 aliphatic heterocycles. The molecule has 2 heterocycles. The van der Waals surface area contributed by atoms with Gasteiger partial charge in [-0.2, -0.15) is 0 Å². The summed E-state index contributed by atoms with van der Waals surface area (Å²) < 4.78 is 0. The first-order valence-electron chi connectivity index (χ1n) is 6.37. The van der Waals surface area contributed by atoms with Crippen molar-refractivity contribution in [1.29, 1.82) is 0 Å². The number of carboxylic acids is 1. The van der Waals surface area contributed by atoms with E-state index in [0.717, 1.165) is 18.6 Å². The number of aliphatic carboxylic acids is 1. The van der Waals surface area contributed by atoms with Crippen LogP contribution in [0.3, 0.4) is 0 Å². The third-order valence-corrected chi connectivity index (χ3v) is 3.83. The number of carbonyl (C=O) groups is 1. The lowest BCUT2D eigenvalue weighted by Gasteiger charge is -2.20. The van der Waals surface area contributed by atoms with Crippen LogP contribution >= 0.6 is 0 Å². The molecule has 100 valence electrons. The molecule has 1 atom stereocenters. The Balaban J connectivity index is 1.74. The third-order valence-electron chi connectivity index (χ3n) is 3.83. The van der Waals surface area contributed by atoms with E-state index in [1.54, 1.807) is 0 Å². The molecule has 0 unspecified atom stereocenters. The van der Waals surface area contributed by atoms with Crippen LogP contribution < -0.4 is 5.73 Å². The van der Waals surface area contributed by atoms with Crippen molar-refractivity contribution in [3.05, 3.63) is 36.0 Å². The van der Waals surface area contributed by atoms with E-state index in [2.05, 4.69) is 22.0 Å². The number of nitrogens with one attached hydrogen (secondary N) is 1. The first-order valence-corrected chi connectivity index (χ1v) is 6.37. The third kappa shape index (κ3) is 2.22. The van der Waals surface area contributed by atoms with Gasteiger partial charge in [-0.05, 0) is 35.6 Å². The Bertz CT molecular complexity index is 622. The number of benzene rings is 1. The van der Waals surface area contributed by atoms with Crippen molar-refractivity contribution in [2.24, 2.45) is 5.73 Å². The molecule has 1 aromatic heterocycles. The zero-order valence-corrected chi connectivity index (χ0v) is 10.6. The number of hydrogen-bond donors (Lipinski definition) is 3. The van der Waals surface area contributed by atoms with Crippen LogP contribution in [0.2, 0.25) is 0 Å². The first-order chi connectivity index (χ1) is 9.07. The van der Waals surface area contributed by atoms with E-state index in [-0.39, 0.29) is 0 Å². The lowest BCUT2D eigenvalue weighted by Crippen LogP contribution is -2.50. The van der Waals surface area contributed by atoms with E-state index >= 15 is 0 Å². The number of rotatable bonds is 3. The maximum absolute atomic E-state index is 11.1. The van der Waals surface area contributed by atoms with E-state index in [1.807, 2.05) is 18.3 Å². The second-order valence-corrected chi connectivity index (χ2v) is 5.32. The quantitative estimate of drug-likeness (QED) is 0.772. The maximum Gasteiger partial charge on any atom is 0.325 e. The van der Waals surface area contributed by atoms with Gasteiger partial charge in [-0.25, -0.2) is 0 Å². The van der Waals surface area contributed by atoms with Crippen LogP contribution in [0.25, 0.3) is 10.9 Å². The van der Waals surface area contributed by atoms with E-state index in [9.17, 15) is 4.79 Å². The number of likely N-dealkylation sites (tertiary alicyclic amines) is 1. The Morgan fingerprint density at radius 3 is 3.05 bits per heavy atom. The molecule has 1 fully saturated rings. The predicted molar refractivity (Wildman–Crippen MR) is 72.7 cm³/mol. The van der Waals surface area contributed by atoms with Crippen molar-refractivity contribution >= 4 is 16.9 Å². The highest BCUT2D eigenvalue weighted by Crippen LogP contribution is 2.22. The molecule has 4 N–H and O–H groups in total. The van der Waals surface area contributed by atoms with Gasteiger partial charge in [-0.1, -0.05) is 6.07 Å². The van der Waals surface area contributed by atoms with Crippen LogP contribution in [0.15, 0.2) is 30.5 Å². The van der Waals surface area contributed by atoms with Crippen molar-refractivity contribution in [3.8, 4) is 0 Å². The number of H-pyrrole nitrogens is 1. The summed E-state index contributed by atoms with van der Waals surface area (Å²) >= 11 is 0. The number of nitrogens with zero attached hydrogens (tertiary/aromatic N) is 1. The molecule has 1 aliphatic rings. The van der Waals surface area contributed by atoms with Crippen LogP contribution in [-0.2, 0) is 11.3 Å². The molecule has 3 rings (SSSR count). The second kappa shape index (κ2) is 4.36. The Hall–Kier alpha value is -1.85. The smallest absolute Gasteiger partial charge is 0.325 e. The van der Waals surface area contributed by atoms with E-state index in [1.165, 1.54) is 10.9 Å². The van der Waals surface area contributed by atoms with Crippen LogP contribution in [0.1, 0.15) is 12.0 Å². The summed E-state index contributed by atoms with van der Waals surface area (Å²) in [6.45, 7) is 1.88. The minimum Gasteiger partial charge on any atom is -0.480 e. The SMILES string of the molecule is N[C@]1(C(=O)O)CCN(Cc2ccc3[nH]ccc3c2)C1. The topological polar surface area (TPSA) is 82.3 Å². The lowest BCUT2D eigenvalue weighted by atomic mass is 10.0. The fraction of sp³-hybridized carbons (Fsp3) is 0.357. The second-order valence-electron chi connectivity index (χ2n) is 5.32. The van der Waals surface area contributed by atoms with Gasteiger partial charge in [-0.3, -0.25) is 9.69 Å². The Morgan fingerprint density at radius 2 is 2.32 bits per heavy atom. The normalized spacial score (nSPS) is 24.1. The van der Waals surface area contributed by atoms with Gasteiger partial charge in [0.2, 0.25) is 0 Å². The molecule has 0 spiro atoms. The minimum atomic E-state index is -1.09. The number of carboxylic acid groups (broad SMARTS) is 1. The molecule has 0 bridgehead atoms. The van der Waals surface area contributed by atoms with Crippen LogP contribution in [0.5, 0.6) is 0 Å². The largest absolute Gasteiger partial charge is 0.480 e. The fourth-order valence-corrected chi connectivity index (χ4v) is 2.68. The zero-order valence-electron chi connectivity index (χ0n) is 10.6. The first kappa shape index (κ1) is 12.2. The van der Waals surface area contributed by atoms with E-state index in [4.69, 9.17) is 10.8 Å². The number of aromatic nitrogens is 1. The molecular formula is C14H17N3O2. The van der Waals surface area contributed by atoms with Gasteiger partial charge in [0.25, 0.3) is 0 Å². The van der Waals surface area contributed by atoms with Gasteiger partial charge in [0.1, 0.15) is 5.54 Å². The summed E-state index contributed by atoms with van der Waals surface area (Å²) in [5.74, 6) is -0.906. The summed E-state index contributed by atoms with van der Waals surface area (Å²) in [6, 6.07) is 8.28. The van der Waals surface area contributed by atoms with Gasteiger partial charge >= 0.3 is 5.97 Å². The number of nitrogens with two attached hydrogens (primary N) is 1. The van der Waals surface area contributed by atoms with Gasteiger partial charge in [0, 0.05) is 31.3 Å². The molecule has 2 aromatic rings. The number of aromatic amines is 1. The Labute approximate surface area is 111 Å². The fourth-order valence-electron chi connectivity index (χ4n) is 2.68. The molecule has 0 aliphatic carbocycles. The van der Waals surface area contributed by atoms with Crippen molar-refractivity contribution < 1.29 is 9.90 Å². The van der Waals surface area contributed by atoms with Gasteiger partial charge in [0.15, 0.2) is 0 Å². The average Bonchev–Trinajstić information content (AvgIpc) is 2.96. The monoisotopic (exact) mass is 259 g/mol. The van der Waals surface area contributed by atoms with Crippen molar-refractivity contribution in [2.45, 2.75) is 18.5 Å². The average molecular weight is 259 g/mol. The maximum atomic E-state index is 11.1. The molecule has 19 heavy (non-hydrogen) atoms. The van der Waals surface area contributed by atoms with Crippen LogP contribution in [0, 0.1) is 0 Å². The van der Waals surface area contributed by atoms with Crippen molar-refractivity contribution in [3.63, 3.8) is 0 Å². The zero-order chi connectivity index (χ0) is 13.5. The van der Waals surface area contributed by atoms with Gasteiger partial charge in [-0.15, -0.1) is 0 Å².